The number of hydrogen-bond acceptors (Lipinski definition) is 7. The molecule has 0 atom stereocenters. The Kier molecular flexibility index (Phi) is 6.02. The van der Waals surface area contributed by atoms with Crippen molar-refractivity contribution in [2.24, 2.45) is 0 Å². The second-order valence-electron chi connectivity index (χ2n) is 6.72. The number of methoxy groups -OCH3 is 1. The van der Waals surface area contributed by atoms with E-state index in [0.717, 1.165) is 16.6 Å². The van der Waals surface area contributed by atoms with Crippen molar-refractivity contribution in [2.75, 3.05) is 20.3 Å². The van der Waals surface area contributed by atoms with Gasteiger partial charge in [0.25, 0.3) is 5.91 Å². The molecular weight excluding hydrogens is 396 g/mol. The van der Waals surface area contributed by atoms with Crippen LogP contribution in [0.3, 0.4) is 0 Å². The third-order valence-electron chi connectivity index (χ3n) is 4.72. The Morgan fingerprint density at radius 3 is 2.90 bits per heavy atom. The number of aromatic nitrogens is 5. The van der Waals surface area contributed by atoms with Gasteiger partial charge in [-0.1, -0.05) is 5.21 Å². The summed E-state index contributed by atoms with van der Waals surface area (Å²) in [7, 11) is 1.57. The number of nitrogens with zero attached hydrogens (tertiary/aromatic N) is 4. The molecule has 0 radical (unpaired) electrons. The molecule has 31 heavy (non-hydrogen) atoms. The average Bonchev–Trinajstić information content (AvgIpc) is 3.32. The fourth-order valence-electron chi connectivity index (χ4n) is 3.25. The van der Waals surface area contributed by atoms with E-state index < -0.39 is 0 Å². The number of fused-ring (bicyclic) bond motifs is 1. The number of rotatable bonds is 8. The molecule has 0 fully saturated rings. The number of ether oxygens (including phenoxy) is 2. The van der Waals surface area contributed by atoms with Crippen LogP contribution >= 0.6 is 0 Å². The van der Waals surface area contributed by atoms with E-state index in [1.165, 1.54) is 0 Å². The first-order valence-electron chi connectivity index (χ1n) is 9.89. The van der Waals surface area contributed by atoms with Crippen LogP contribution in [0.15, 0.2) is 48.8 Å². The number of carbonyl (C=O) groups is 1. The van der Waals surface area contributed by atoms with E-state index in [-0.39, 0.29) is 5.91 Å². The molecule has 1 aromatic carbocycles. The fourth-order valence-corrected chi connectivity index (χ4v) is 3.25. The first kappa shape index (κ1) is 20.3. The van der Waals surface area contributed by atoms with Gasteiger partial charge in [0, 0.05) is 36.2 Å². The number of carbonyl (C=O) groups excluding carboxylic acids is 1. The molecule has 3 aromatic heterocycles. The van der Waals surface area contributed by atoms with Crippen LogP contribution in [0.4, 0.5) is 0 Å². The molecule has 158 valence electrons. The summed E-state index contributed by atoms with van der Waals surface area (Å²) in [6.45, 7) is 2.90. The Bertz CT molecular complexity index is 1190. The summed E-state index contributed by atoms with van der Waals surface area (Å²) < 4.78 is 11.2. The summed E-state index contributed by atoms with van der Waals surface area (Å²) in [5.41, 5.74) is 3.43. The summed E-state index contributed by atoms with van der Waals surface area (Å²) in [5, 5.41) is 13.9. The van der Waals surface area contributed by atoms with Gasteiger partial charge in [0.1, 0.15) is 5.75 Å². The zero-order valence-corrected chi connectivity index (χ0v) is 17.3. The first-order chi connectivity index (χ1) is 15.2. The smallest absolute Gasteiger partial charge is 0.251 e. The van der Waals surface area contributed by atoms with Gasteiger partial charge in [-0.3, -0.25) is 9.89 Å². The van der Waals surface area contributed by atoms with Crippen molar-refractivity contribution >= 4 is 16.8 Å². The van der Waals surface area contributed by atoms with Gasteiger partial charge >= 0.3 is 0 Å². The second-order valence-corrected chi connectivity index (χ2v) is 6.72. The third kappa shape index (κ3) is 4.45. The number of benzene rings is 1. The average molecular weight is 418 g/mol. The first-order valence-corrected chi connectivity index (χ1v) is 9.89. The molecule has 0 unspecified atom stereocenters. The lowest BCUT2D eigenvalue weighted by Gasteiger charge is -2.13. The largest absolute Gasteiger partial charge is 0.493 e. The standard InChI is InChI=1S/C22H22N6O3/c1-3-31-20-12-19(17-5-4-9-24-22(17)30-2)26-18-11-14(6-7-16(18)20)21(29)23-10-8-15-13-25-28-27-15/h4-7,9,11-13H,3,8,10H2,1-2H3,(H,23,29)(H,25,27,28). The second kappa shape index (κ2) is 9.21. The van der Waals surface area contributed by atoms with Crippen LogP contribution in [0.2, 0.25) is 0 Å². The maximum Gasteiger partial charge on any atom is 0.251 e. The Morgan fingerprint density at radius 2 is 2.13 bits per heavy atom. The molecule has 1 amide bonds. The van der Waals surface area contributed by atoms with E-state index in [9.17, 15) is 4.79 Å². The predicted molar refractivity (Wildman–Crippen MR) is 115 cm³/mol. The van der Waals surface area contributed by atoms with Crippen LogP contribution in [-0.4, -0.2) is 51.5 Å². The summed E-state index contributed by atoms with van der Waals surface area (Å²) in [6, 6.07) is 11.0. The van der Waals surface area contributed by atoms with Crippen molar-refractivity contribution in [1.29, 1.82) is 0 Å². The summed E-state index contributed by atoms with van der Waals surface area (Å²) in [6.07, 6.45) is 3.91. The molecule has 4 aromatic rings. The lowest BCUT2D eigenvalue weighted by molar-refractivity contribution is 0.0954. The Morgan fingerprint density at radius 1 is 1.23 bits per heavy atom. The number of pyridine rings is 2. The van der Waals surface area contributed by atoms with Crippen molar-refractivity contribution in [2.45, 2.75) is 13.3 Å². The van der Waals surface area contributed by atoms with Gasteiger partial charge in [-0.15, -0.1) is 5.10 Å². The number of H-pyrrole nitrogens is 1. The lowest BCUT2D eigenvalue weighted by Crippen LogP contribution is -2.25. The zero-order valence-electron chi connectivity index (χ0n) is 17.3. The van der Waals surface area contributed by atoms with E-state index in [0.29, 0.717) is 48.0 Å². The van der Waals surface area contributed by atoms with Crippen LogP contribution in [0, 0.1) is 0 Å². The van der Waals surface area contributed by atoms with E-state index in [2.05, 4.69) is 25.7 Å². The Hall–Kier alpha value is -4.01. The SMILES string of the molecule is CCOc1cc(-c2cccnc2OC)nc2cc(C(=O)NCCc3cnn[nH]3)ccc12. The van der Waals surface area contributed by atoms with E-state index in [4.69, 9.17) is 14.5 Å². The summed E-state index contributed by atoms with van der Waals surface area (Å²) >= 11 is 0. The topological polar surface area (TPSA) is 115 Å². The normalized spacial score (nSPS) is 10.8. The van der Waals surface area contributed by atoms with Gasteiger partial charge in [-0.25, -0.2) is 9.97 Å². The van der Waals surface area contributed by atoms with Gasteiger partial charge in [0.05, 0.1) is 42.4 Å². The molecule has 0 aliphatic carbocycles. The molecule has 0 spiro atoms. The third-order valence-corrected chi connectivity index (χ3v) is 4.72. The van der Waals surface area contributed by atoms with Crippen molar-refractivity contribution in [3.05, 3.63) is 60.0 Å². The highest BCUT2D eigenvalue weighted by atomic mass is 16.5. The van der Waals surface area contributed by atoms with E-state index >= 15 is 0 Å². The molecule has 4 rings (SSSR count). The number of hydrogen-bond donors (Lipinski definition) is 2. The van der Waals surface area contributed by atoms with Crippen molar-refractivity contribution in [3.8, 4) is 22.9 Å². The maximum absolute atomic E-state index is 12.6. The molecule has 9 heteroatoms. The molecule has 2 N–H and O–H groups in total. The minimum atomic E-state index is -0.182. The van der Waals surface area contributed by atoms with Crippen LogP contribution in [0.5, 0.6) is 11.6 Å². The van der Waals surface area contributed by atoms with Crippen LogP contribution in [-0.2, 0) is 6.42 Å². The van der Waals surface area contributed by atoms with Gasteiger partial charge < -0.3 is 14.8 Å². The Balaban J connectivity index is 1.66. The molecule has 0 aliphatic heterocycles. The predicted octanol–water partition coefficient (Wildman–Crippen LogP) is 2.79. The highest BCUT2D eigenvalue weighted by Gasteiger charge is 2.15. The Labute approximate surface area is 178 Å². The molecular formula is C22H22N6O3. The van der Waals surface area contributed by atoms with Gasteiger partial charge in [0.2, 0.25) is 5.88 Å². The maximum atomic E-state index is 12.6. The number of amides is 1. The fraction of sp³-hybridized carbons (Fsp3) is 0.227. The molecule has 0 saturated carbocycles. The monoisotopic (exact) mass is 418 g/mol. The lowest BCUT2D eigenvalue weighted by atomic mass is 10.1. The minimum absolute atomic E-state index is 0.182. The van der Waals surface area contributed by atoms with Crippen molar-refractivity contribution in [3.63, 3.8) is 0 Å². The minimum Gasteiger partial charge on any atom is -0.493 e. The van der Waals surface area contributed by atoms with E-state index in [1.54, 1.807) is 31.6 Å². The van der Waals surface area contributed by atoms with Crippen molar-refractivity contribution in [1.82, 2.24) is 30.7 Å². The number of nitrogens with one attached hydrogen (secondary N) is 2. The molecule has 0 saturated heterocycles. The van der Waals surface area contributed by atoms with Gasteiger partial charge in [-0.2, -0.15) is 0 Å². The summed E-state index contributed by atoms with van der Waals surface area (Å²) in [4.78, 5) is 21.7. The van der Waals surface area contributed by atoms with Gasteiger partial charge in [0.15, 0.2) is 0 Å². The van der Waals surface area contributed by atoms with Crippen LogP contribution in [0.1, 0.15) is 23.0 Å². The molecule has 9 nitrogen and oxygen atoms in total. The molecule has 0 aliphatic rings. The van der Waals surface area contributed by atoms with Crippen LogP contribution < -0.4 is 14.8 Å². The highest BCUT2D eigenvalue weighted by Crippen LogP contribution is 2.33. The molecule has 3 heterocycles. The number of aromatic amines is 1. The quantitative estimate of drug-likeness (QED) is 0.452. The molecule has 0 bridgehead atoms. The van der Waals surface area contributed by atoms with Crippen molar-refractivity contribution < 1.29 is 14.3 Å². The zero-order chi connectivity index (χ0) is 21.6. The summed E-state index contributed by atoms with van der Waals surface area (Å²) in [5.74, 6) is 0.976. The van der Waals surface area contributed by atoms with Gasteiger partial charge in [-0.05, 0) is 37.3 Å². The van der Waals surface area contributed by atoms with Crippen LogP contribution in [0.25, 0.3) is 22.2 Å². The highest BCUT2D eigenvalue weighted by molar-refractivity contribution is 5.99. The van der Waals surface area contributed by atoms with E-state index in [1.807, 2.05) is 31.2 Å².